The summed E-state index contributed by atoms with van der Waals surface area (Å²) in [5.74, 6) is 8.26. The van der Waals surface area contributed by atoms with Crippen LogP contribution in [0.5, 0.6) is 0 Å². The Labute approximate surface area is 118 Å². The smallest absolute Gasteiger partial charge is 0.145 e. The predicted octanol–water partition coefficient (Wildman–Crippen LogP) is 2.95. The van der Waals surface area contributed by atoms with Crippen LogP contribution in [0.4, 0.5) is 17.3 Å². The van der Waals surface area contributed by atoms with Gasteiger partial charge in [-0.25, -0.2) is 15.8 Å². The van der Waals surface area contributed by atoms with Crippen LogP contribution >= 0.6 is 0 Å². The van der Waals surface area contributed by atoms with Crippen molar-refractivity contribution in [3.05, 3.63) is 41.7 Å². The lowest BCUT2D eigenvalue weighted by Crippen LogP contribution is -2.11. The molecule has 0 aliphatic heterocycles. The second kappa shape index (κ2) is 5.46. The molecule has 0 spiro atoms. The van der Waals surface area contributed by atoms with Crippen molar-refractivity contribution in [1.82, 2.24) is 9.97 Å². The third-order valence-electron chi connectivity index (χ3n) is 3.47. The Morgan fingerprint density at radius 2 is 1.85 bits per heavy atom. The Bertz CT molecular complexity index is 590. The van der Waals surface area contributed by atoms with E-state index in [0.29, 0.717) is 11.7 Å². The number of aryl methyl sites for hydroxylation is 1. The molecule has 2 aromatic rings. The molecule has 1 heterocycles. The lowest BCUT2D eigenvalue weighted by molar-refractivity contribution is 0.929. The SMILES string of the molecule is CCc1ccc(Nc2cc(NN)nc(C3CC3)n2)cc1. The summed E-state index contributed by atoms with van der Waals surface area (Å²) in [4.78, 5) is 8.96. The Balaban J connectivity index is 1.83. The first kappa shape index (κ1) is 12.9. The minimum absolute atomic E-state index is 0.492. The number of hydrogen-bond acceptors (Lipinski definition) is 5. The fourth-order valence-corrected chi connectivity index (χ4v) is 2.10. The third kappa shape index (κ3) is 2.88. The van der Waals surface area contributed by atoms with Gasteiger partial charge >= 0.3 is 0 Å². The molecule has 1 fully saturated rings. The van der Waals surface area contributed by atoms with Crippen molar-refractivity contribution in [1.29, 1.82) is 0 Å². The third-order valence-corrected chi connectivity index (χ3v) is 3.47. The zero-order chi connectivity index (χ0) is 13.9. The number of benzene rings is 1. The highest BCUT2D eigenvalue weighted by atomic mass is 15.3. The lowest BCUT2D eigenvalue weighted by atomic mass is 10.1. The highest BCUT2D eigenvalue weighted by molar-refractivity contribution is 5.59. The van der Waals surface area contributed by atoms with Crippen molar-refractivity contribution >= 4 is 17.3 Å². The van der Waals surface area contributed by atoms with E-state index in [9.17, 15) is 0 Å². The van der Waals surface area contributed by atoms with Gasteiger partial charge in [0.05, 0.1) is 0 Å². The van der Waals surface area contributed by atoms with Gasteiger partial charge in [0.1, 0.15) is 17.5 Å². The van der Waals surface area contributed by atoms with Crippen LogP contribution in [0.15, 0.2) is 30.3 Å². The van der Waals surface area contributed by atoms with Gasteiger partial charge in [-0.3, -0.25) is 0 Å². The summed E-state index contributed by atoms with van der Waals surface area (Å²) >= 11 is 0. The van der Waals surface area contributed by atoms with Gasteiger partial charge in [-0.05, 0) is 37.0 Å². The quantitative estimate of drug-likeness (QED) is 0.574. The van der Waals surface area contributed by atoms with Gasteiger partial charge in [0.2, 0.25) is 0 Å². The maximum absolute atomic E-state index is 5.47. The summed E-state index contributed by atoms with van der Waals surface area (Å²) in [5.41, 5.74) is 4.94. The van der Waals surface area contributed by atoms with E-state index >= 15 is 0 Å². The number of nitrogens with one attached hydrogen (secondary N) is 2. The summed E-state index contributed by atoms with van der Waals surface area (Å²) in [5, 5.41) is 3.31. The van der Waals surface area contributed by atoms with Gasteiger partial charge in [-0.15, -0.1) is 0 Å². The van der Waals surface area contributed by atoms with Crippen molar-refractivity contribution in [3.63, 3.8) is 0 Å². The predicted molar refractivity (Wildman–Crippen MR) is 80.9 cm³/mol. The molecule has 0 bridgehead atoms. The number of anilines is 3. The number of aromatic nitrogens is 2. The molecular weight excluding hydrogens is 250 g/mol. The van der Waals surface area contributed by atoms with E-state index in [1.807, 2.05) is 6.07 Å². The molecule has 0 amide bonds. The van der Waals surface area contributed by atoms with E-state index in [-0.39, 0.29) is 0 Å². The van der Waals surface area contributed by atoms with E-state index < -0.39 is 0 Å². The first-order valence-electron chi connectivity index (χ1n) is 7.00. The van der Waals surface area contributed by atoms with Gasteiger partial charge in [0, 0.05) is 17.7 Å². The van der Waals surface area contributed by atoms with E-state index in [1.165, 1.54) is 18.4 Å². The van der Waals surface area contributed by atoms with Crippen LogP contribution in [0.3, 0.4) is 0 Å². The molecule has 0 radical (unpaired) electrons. The summed E-state index contributed by atoms with van der Waals surface area (Å²) in [6, 6.07) is 10.2. The molecule has 4 N–H and O–H groups in total. The number of nitrogens with zero attached hydrogens (tertiary/aromatic N) is 2. The summed E-state index contributed by atoms with van der Waals surface area (Å²) < 4.78 is 0. The Morgan fingerprint density at radius 3 is 2.45 bits per heavy atom. The van der Waals surface area contributed by atoms with Crippen molar-refractivity contribution in [2.45, 2.75) is 32.1 Å². The van der Waals surface area contributed by atoms with Crippen LogP contribution in [0, 0.1) is 0 Å². The van der Waals surface area contributed by atoms with Crippen molar-refractivity contribution in [3.8, 4) is 0 Å². The summed E-state index contributed by atoms with van der Waals surface area (Å²) in [7, 11) is 0. The molecule has 1 saturated carbocycles. The van der Waals surface area contributed by atoms with Crippen LogP contribution in [0.25, 0.3) is 0 Å². The molecule has 1 aliphatic rings. The number of rotatable bonds is 5. The maximum Gasteiger partial charge on any atom is 0.145 e. The van der Waals surface area contributed by atoms with Crippen molar-refractivity contribution in [2.75, 3.05) is 10.7 Å². The number of hydrogen-bond donors (Lipinski definition) is 3. The zero-order valence-corrected chi connectivity index (χ0v) is 11.6. The average Bonchev–Trinajstić information content (AvgIpc) is 3.32. The molecular formula is C15H19N5. The molecule has 20 heavy (non-hydrogen) atoms. The monoisotopic (exact) mass is 269 g/mol. The molecule has 0 saturated heterocycles. The molecule has 5 nitrogen and oxygen atoms in total. The van der Waals surface area contributed by atoms with Crippen LogP contribution in [0.1, 0.15) is 37.1 Å². The highest BCUT2D eigenvalue weighted by Gasteiger charge is 2.27. The maximum atomic E-state index is 5.47. The molecule has 0 unspecified atom stereocenters. The number of nitrogen functional groups attached to an aromatic ring is 1. The summed E-state index contributed by atoms with van der Waals surface area (Å²) in [6.45, 7) is 2.15. The van der Waals surface area contributed by atoms with E-state index in [0.717, 1.165) is 23.8 Å². The second-order valence-electron chi connectivity index (χ2n) is 5.09. The van der Waals surface area contributed by atoms with Crippen LogP contribution < -0.4 is 16.6 Å². The van der Waals surface area contributed by atoms with E-state index in [2.05, 4.69) is 51.9 Å². The lowest BCUT2D eigenvalue weighted by Gasteiger charge is -2.10. The highest BCUT2D eigenvalue weighted by Crippen LogP contribution is 2.39. The zero-order valence-electron chi connectivity index (χ0n) is 11.6. The molecule has 1 aromatic carbocycles. The van der Waals surface area contributed by atoms with Gasteiger partial charge < -0.3 is 10.7 Å². The molecule has 1 aromatic heterocycles. The van der Waals surface area contributed by atoms with Gasteiger partial charge in [0.15, 0.2) is 0 Å². The number of nitrogens with two attached hydrogens (primary N) is 1. The standard InChI is InChI=1S/C15H19N5/c1-2-10-3-7-12(8-4-10)17-13-9-14(20-16)19-15(18-13)11-5-6-11/h3-4,7-9,11H,2,5-6,16H2,1H3,(H2,17,18,19,20). The van der Waals surface area contributed by atoms with Gasteiger partial charge in [-0.2, -0.15) is 0 Å². The van der Waals surface area contributed by atoms with Crippen LogP contribution in [-0.4, -0.2) is 9.97 Å². The van der Waals surface area contributed by atoms with Crippen molar-refractivity contribution in [2.24, 2.45) is 5.84 Å². The first-order valence-corrected chi connectivity index (χ1v) is 7.00. The Morgan fingerprint density at radius 1 is 1.15 bits per heavy atom. The van der Waals surface area contributed by atoms with Crippen LogP contribution in [-0.2, 0) is 6.42 Å². The minimum Gasteiger partial charge on any atom is -0.340 e. The molecule has 104 valence electrons. The largest absolute Gasteiger partial charge is 0.340 e. The van der Waals surface area contributed by atoms with E-state index in [1.54, 1.807) is 0 Å². The number of hydrazine groups is 1. The molecule has 5 heteroatoms. The molecule has 1 aliphatic carbocycles. The van der Waals surface area contributed by atoms with E-state index in [4.69, 9.17) is 5.84 Å². The Kier molecular flexibility index (Phi) is 3.52. The second-order valence-corrected chi connectivity index (χ2v) is 5.09. The average molecular weight is 269 g/mol. The normalized spacial score (nSPS) is 14.1. The molecule has 3 rings (SSSR count). The van der Waals surface area contributed by atoms with Gasteiger partial charge in [-0.1, -0.05) is 19.1 Å². The fourth-order valence-electron chi connectivity index (χ4n) is 2.10. The summed E-state index contributed by atoms with van der Waals surface area (Å²) in [6.07, 6.45) is 3.37. The fraction of sp³-hybridized carbons (Fsp3) is 0.333. The Hall–Kier alpha value is -2.14. The minimum atomic E-state index is 0.492. The van der Waals surface area contributed by atoms with Crippen molar-refractivity contribution < 1.29 is 0 Å². The van der Waals surface area contributed by atoms with Crippen LogP contribution in [0.2, 0.25) is 0 Å². The molecule has 0 atom stereocenters. The first-order chi connectivity index (χ1) is 9.78. The topological polar surface area (TPSA) is 75.9 Å². The van der Waals surface area contributed by atoms with Gasteiger partial charge in [0.25, 0.3) is 0 Å².